The van der Waals surface area contributed by atoms with Crippen LogP contribution in [0.3, 0.4) is 0 Å². The molecule has 1 aliphatic heterocycles. The molecule has 0 aromatic heterocycles. The van der Waals surface area contributed by atoms with Crippen molar-refractivity contribution in [1.29, 1.82) is 5.41 Å². The zero-order chi connectivity index (χ0) is 19.4. The molecule has 1 heterocycles. The molecule has 0 spiro atoms. The molecule has 2 aromatic carbocycles. The number of anilines is 1. The minimum absolute atomic E-state index is 0. The molecule has 0 atom stereocenters. The number of rotatable bonds is 6. The fourth-order valence-corrected chi connectivity index (χ4v) is 3.40. The van der Waals surface area contributed by atoms with Crippen molar-refractivity contribution in [3.05, 3.63) is 58.7 Å². The van der Waals surface area contributed by atoms with Crippen LogP contribution in [0.2, 0.25) is 0 Å². The van der Waals surface area contributed by atoms with Crippen LogP contribution in [0.15, 0.2) is 36.4 Å². The highest BCUT2D eigenvalue weighted by atomic mass is 35.5. The van der Waals surface area contributed by atoms with Crippen LogP contribution < -0.4 is 11.1 Å². The van der Waals surface area contributed by atoms with Gasteiger partial charge in [0.25, 0.3) is 5.91 Å². The van der Waals surface area contributed by atoms with E-state index in [1.165, 1.54) is 0 Å². The van der Waals surface area contributed by atoms with Gasteiger partial charge in [0.05, 0.1) is 0 Å². The summed E-state index contributed by atoms with van der Waals surface area (Å²) in [6.07, 6.45) is 2.77. The Balaban J connectivity index is 0.00000280. The molecule has 0 unspecified atom stereocenters. The molecule has 0 saturated carbocycles. The van der Waals surface area contributed by atoms with E-state index in [1.807, 2.05) is 30.0 Å². The van der Waals surface area contributed by atoms with E-state index < -0.39 is 0 Å². The summed E-state index contributed by atoms with van der Waals surface area (Å²) in [6, 6.07) is 10.7. The third-order valence-electron chi connectivity index (χ3n) is 4.96. The standard InChI is InChI=1S/C21H26N4O2.ClH/c1-14-12-17(5-6-18(14)21(27)25-10-2-3-11-25)24-9-8-15-13-16(20(22)23)4-7-19(15)26;/h4-7,12-13,24,26H,2-3,8-11H2,1H3,(H3,22,23);1H. The van der Waals surface area contributed by atoms with Gasteiger partial charge in [-0.3, -0.25) is 10.2 Å². The normalized spacial score (nSPS) is 13.1. The highest BCUT2D eigenvalue weighted by Crippen LogP contribution is 2.21. The fourth-order valence-electron chi connectivity index (χ4n) is 3.40. The van der Waals surface area contributed by atoms with Crippen molar-refractivity contribution in [2.75, 3.05) is 25.0 Å². The lowest BCUT2D eigenvalue weighted by Crippen LogP contribution is -2.28. The van der Waals surface area contributed by atoms with Crippen molar-refractivity contribution < 1.29 is 9.90 Å². The van der Waals surface area contributed by atoms with Crippen molar-refractivity contribution in [3.63, 3.8) is 0 Å². The first-order chi connectivity index (χ1) is 13.0. The number of nitrogen functional groups attached to an aromatic ring is 1. The van der Waals surface area contributed by atoms with Gasteiger partial charge in [-0.25, -0.2) is 0 Å². The van der Waals surface area contributed by atoms with Crippen molar-refractivity contribution >= 4 is 29.8 Å². The highest BCUT2D eigenvalue weighted by Gasteiger charge is 2.20. The Hall–Kier alpha value is -2.73. The Bertz CT molecular complexity index is 863. The van der Waals surface area contributed by atoms with E-state index >= 15 is 0 Å². The number of benzene rings is 2. The summed E-state index contributed by atoms with van der Waals surface area (Å²) in [5.74, 6) is 0.296. The number of aryl methyl sites for hydroxylation is 1. The lowest BCUT2D eigenvalue weighted by Gasteiger charge is -2.17. The van der Waals surface area contributed by atoms with Gasteiger partial charge in [-0.05, 0) is 73.7 Å². The Kier molecular flexibility index (Phi) is 7.29. The van der Waals surface area contributed by atoms with E-state index in [0.717, 1.165) is 48.3 Å². The summed E-state index contributed by atoms with van der Waals surface area (Å²) in [6.45, 7) is 4.27. The molecule has 6 nitrogen and oxygen atoms in total. The third kappa shape index (κ3) is 4.95. The summed E-state index contributed by atoms with van der Waals surface area (Å²) in [5, 5.41) is 20.8. The Morgan fingerprint density at radius 1 is 1.21 bits per heavy atom. The lowest BCUT2D eigenvalue weighted by atomic mass is 10.1. The quantitative estimate of drug-likeness (QED) is 0.439. The maximum Gasteiger partial charge on any atom is 0.254 e. The topological polar surface area (TPSA) is 102 Å². The molecule has 28 heavy (non-hydrogen) atoms. The van der Waals surface area contributed by atoms with Gasteiger partial charge < -0.3 is 21.1 Å². The number of hydrogen-bond acceptors (Lipinski definition) is 4. The SMILES string of the molecule is Cc1cc(NCCc2cc(C(=N)N)ccc2O)ccc1C(=O)N1CCCC1.Cl. The number of likely N-dealkylation sites (tertiary alicyclic amines) is 1. The summed E-state index contributed by atoms with van der Waals surface area (Å²) >= 11 is 0. The summed E-state index contributed by atoms with van der Waals surface area (Å²) < 4.78 is 0. The van der Waals surface area contributed by atoms with Crippen LogP contribution in [0, 0.1) is 12.3 Å². The number of nitrogens with two attached hydrogens (primary N) is 1. The average Bonchev–Trinajstić information content (AvgIpc) is 3.17. The molecule has 1 aliphatic rings. The van der Waals surface area contributed by atoms with Crippen molar-refractivity contribution in [2.24, 2.45) is 5.73 Å². The molecular weight excluding hydrogens is 376 g/mol. The van der Waals surface area contributed by atoms with E-state index in [9.17, 15) is 9.90 Å². The second kappa shape index (κ2) is 9.46. The van der Waals surface area contributed by atoms with Crippen LogP contribution >= 0.6 is 12.4 Å². The van der Waals surface area contributed by atoms with E-state index in [0.29, 0.717) is 18.5 Å². The van der Waals surface area contributed by atoms with E-state index in [-0.39, 0.29) is 29.9 Å². The number of halogens is 1. The number of hydrogen-bond donors (Lipinski definition) is 4. The Morgan fingerprint density at radius 2 is 1.93 bits per heavy atom. The fraction of sp³-hybridized carbons (Fsp3) is 0.333. The van der Waals surface area contributed by atoms with Gasteiger partial charge in [-0.1, -0.05) is 0 Å². The van der Waals surface area contributed by atoms with E-state index in [4.69, 9.17) is 11.1 Å². The smallest absolute Gasteiger partial charge is 0.254 e. The van der Waals surface area contributed by atoms with Crippen molar-refractivity contribution in [1.82, 2.24) is 4.90 Å². The molecular formula is C21H27ClN4O2. The lowest BCUT2D eigenvalue weighted by molar-refractivity contribution is 0.0792. The van der Waals surface area contributed by atoms with Gasteiger partial charge in [0.2, 0.25) is 0 Å². The second-order valence-electron chi connectivity index (χ2n) is 6.96. The van der Waals surface area contributed by atoms with Gasteiger partial charge in [0, 0.05) is 36.4 Å². The van der Waals surface area contributed by atoms with Crippen molar-refractivity contribution in [2.45, 2.75) is 26.2 Å². The van der Waals surface area contributed by atoms with E-state index in [2.05, 4.69) is 5.32 Å². The van der Waals surface area contributed by atoms with Gasteiger partial charge >= 0.3 is 0 Å². The third-order valence-corrected chi connectivity index (χ3v) is 4.96. The number of phenols is 1. The van der Waals surface area contributed by atoms with Crippen LogP contribution in [0.25, 0.3) is 0 Å². The van der Waals surface area contributed by atoms with E-state index in [1.54, 1.807) is 18.2 Å². The molecule has 2 aromatic rings. The zero-order valence-electron chi connectivity index (χ0n) is 16.0. The molecule has 1 amide bonds. The number of amides is 1. The molecule has 150 valence electrons. The average molecular weight is 403 g/mol. The second-order valence-corrected chi connectivity index (χ2v) is 6.96. The molecule has 3 rings (SSSR count). The summed E-state index contributed by atoms with van der Waals surface area (Å²) in [5.41, 5.74) is 9.50. The number of carbonyl (C=O) groups is 1. The van der Waals surface area contributed by atoms with Gasteiger partial charge in [0.1, 0.15) is 11.6 Å². The monoisotopic (exact) mass is 402 g/mol. The number of aromatic hydroxyl groups is 1. The predicted molar refractivity (Wildman–Crippen MR) is 115 cm³/mol. The molecule has 0 bridgehead atoms. The molecule has 1 fully saturated rings. The van der Waals surface area contributed by atoms with Gasteiger partial charge in [-0.2, -0.15) is 0 Å². The van der Waals surface area contributed by atoms with Crippen LogP contribution in [0.4, 0.5) is 5.69 Å². The first kappa shape index (κ1) is 21.6. The Labute approximate surface area is 171 Å². The number of nitrogens with one attached hydrogen (secondary N) is 2. The van der Waals surface area contributed by atoms with Crippen LogP contribution in [0.5, 0.6) is 5.75 Å². The maximum absolute atomic E-state index is 12.6. The number of amidine groups is 1. The van der Waals surface area contributed by atoms with Crippen LogP contribution in [-0.4, -0.2) is 41.4 Å². The largest absolute Gasteiger partial charge is 0.508 e. The first-order valence-corrected chi connectivity index (χ1v) is 9.26. The van der Waals surface area contributed by atoms with Crippen LogP contribution in [-0.2, 0) is 6.42 Å². The number of carbonyl (C=O) groups excluding carboxylic acids is 1. The van der Waals surface area contributed by atoms with Gasteiger partial charge in [0.15, 0.2) is 0 Å². The molecule has 7 heteroatoms. The summed E-state index contributed by atoms with van der Waals surface area (Å²) in [4.78, 5) is 14.5. The summed E-state index contributed by atoms with van der Waals surface area (Å²) in [7, 11) is 0. The van der Waals surface area contributed by atoms with Crippen LogP contribution in [0.1, 0.15) is 39.9 Å². The predicted octanol–water partition coefficient (Wildman–Crippen LogP) is 3.30. The van der Waals surface area contributed by atoms with Crippen molar-refractivity contribution in [3.8, 4) is 5.75 Å². The molecule has 0 aliphatic carbocycles. The maximum atomic E-state index is 12.6. The molecule has 5 N–H and O–H groups in total. The molecule has 1 saturated heterocycles. The zero-order valence-corrected chi connectivity index (χ0v) is 16.8. The number of phenolic OH excluding ortho intramolecular Hbond substituents is 1. The number of nitrogens with zero attached hydrogens (tertiary/aromatic N) is 1. The van der Waals surface area contributed by atoms with Gasteiger partial charge in [-0.15, -0.1) is 12.4 Å². The minimum atomic E-state index is -0.0157. The molecule has 0 radical (unpaired) electrons. The highest BCUT2D eigenvalue weighted by molar-refractivity contribution is 5.96. The Morgan fingerprint density at radius 3 is 2.57 bits per heavy atom. The minimum Gasteiger partial charge on any atom is -0.508 e. The first-order valence-electron chi connectivity index (χ1n) is 9.26.